The van der Waals surface area contributed by atoms with Crippen LogP contribution in [0.5, 0.6) is 0 Å². The quantitative estimate of drug-likeness (QED) is 0.710. The Kier molecular flexibility index (Phi) is 4.37. The predicted octanol–water partition coefficient (Wildman–Crippen LogP) is 2.72. The van der Waals surface area contributed by atoms with Crippen LogP contribution in [0.4, 0.5) is 0 Å². The number of aliphatic hydroxyl groups is 2. The van der Waals surface area contributed by atoms with Crippen molar-refractivity contribution in [2.24, 2.45) is 28.6 Å². The number of Topliss-reactive ketones (excluding diaryl/α,β-unsaturated/α-hetero) is 1. The maximum atomic E-state index is 13.3. The van der Waals surface area contributed by atoms with Gasteiger partial charge in [0.2, 0.25) is 0 Å². The highest BCUT2D eigenvalue weighted by atomic mass is 16.7. The van der Waals surface area contributed by atoms with Crippen molar-refractivity contribution in [1.82, 2.24) is 0 Å². The highest BCUT2D eigenvalue weighted by Crippen LogP contribution is 2.69. The van der Waals surface area contributed by atoms with Crippen molar-refractivity contribution in [2.45, 2.75) is 83.3 Å². The van der Waals surface area contributed by atoms with Crippen LogP contribution in [0.1, 0.15) is 62.0 Å². The minimum Gasteiger partial charge on any atom is -0.393 e. The van der Waals surface area contributed by atoms with E-state index in [1.807, 2.05) is 20.8 Å². The molecule has 0 aromatic carbocycles. The van der Waals surface area contributed by atoms with E-state index in [2.05, 4.69) is 0 Å². The van der Waals surface area contributed by atoms with Crippen LogP contribution in [0.25, 0.3) is 0 Å². The highest BCUT2D eigenvalue weighted by molar-refractivity contribution is 6.01. The third kappa shape index (κ3) is 2.65. The van der Waals surface area contributed by atoms with Crippen molar-refractivity contribution in [3.63, 3.8) is 0 Å². The molecule has 0 amide bonds. The minimum absolute atomic E-state index is 0.131. The molecule has 4 aliphatic carbocycles. The van der Waals surface area contributed by atoms with Crippen LogP contribution in [0.2, 0.25) is 0 Å². The lowest BCUT2D eigenvalue weighted by Gasteiger charge is -2.59. The number of carbonyl (C=O) groups is 2. The molecule has 3 saturated carbocycles. The van der Waals surface area contributed by atoms with Gasteiger partial charge in [-0.25, -0.2) is 0 Å². The number of carbonyl (C=O) groups excluding carboxylic acids is 2. The molecule has 9 atom stereocenters. The van der Waals surface area contributed by atoms with Crippen LogP contribution >= 0.6 is 0 Å². The summed E-state index contributed by atoms with van der Waals surface area (Å²) >= 11 is 0. The molecule has 4 fully saturated rings. The summed E-state index contributed by atoms with van der Waals surface area (Å²) in [6, 6.07) is 0. The molecule has 6 heteroatoms. The number of hydrogen-bond acceptors (Lipinski definition) is 6. The van der Waals surface area contributed by atoms with Gasteiger partial charge in [-0.2, -0.15) is 0 Å². The molecule has 0 aromatic heterocycles. The van der Waals surface area contributed by atoms with E-state index < -0.39 is 53.7 Å². The first kappa shape index (κ1) is 19.2. The van der Waals surface area contributed by atoms with E-state index in [-0.39, 0.29) is 36.4 Å². The van der Waals surface area contributed by atoms with Gasteiger partial charge in [0.15, 0.2) is 23.5 Å². The number of allylic oxidation sites excluding steroid dienone is 4. The number of ether oxygens (including phenoxy) is 2. The Morgan fingerprint density at radius 3 is 2.87 bits per heavy atom. The second-order valence-electron chi connectivity index (χ2n) is 10.5. The second kappa shape index (κ2) is 7.08. The van der Waals surface area contributed by atoms with Gasteiger partial charge in [-0.05, 0) is 56.0 Å². The minimum atomic E-state index is -1.72. The lowest BCUT2D eigenvalue weighted by molar-refractivity contribution is -0.200. The van der Waals surface area contributed by atoms with Gasteiger partial charge in [-0.1, -0.05) is 38.8 Å². The number of aliphatic hydroxyl groups excluding tert-OH is 2. The highest BCUT2D eigenvalue weighted by Gasteiger charge is 2.75. The Hall–Kier alpha value is -1.34. The van der Waals surface area contributed by atoms with E-state index in [0.29, 0.717) is 18.4 Å². The van der Waals surface area contributed by atoms with Crippen LogP contribution < -0.4 is 0 Å². The molecule has 0 bridgehead atoms. The molecule has 6 nitrogen and oxygen atoms in total. The number of rotatable bonds is 4. The van der Waals surface area contributed by atoms with Gasteiger partial charge in [-0.3, -0.25) is 9.59 Å². The van der Waals surface area contributed by atoms with Crippen molar-refractivity contribution in [3.8, 4) is 0 Å². The first-order valence-corrected chi connectivity index (χ1v) is 11.6. The van der Waals surface area contributed by atoms with E-state index in [9.17, 15) is 19.8 Å². The van der Waals surface area contributed by atoms with E-state index in [1.54, 1.807) is 6.08 Å². The third-order valence-electron chi connectivity index (χ3n) is 9.01. The molecule has 0 unspecified atom stereocenters. The smallest absolute Gasteiger partial charge is 0.193 e. The second-order valence-corrected chi connectivity index (χ2v) is 10.5. The normalized spacial score (nSPS) is 52.9. The Bertz CT molecular complexity index is 945. The standard InChI is InChI=1S/C25H34O6/c1-4-5-21-30-20-11-17-16-7-6-14-10-15(27)8-9-23(14,2)22(16)18(28)12-24(17,3)25(20,31-21)19(29)13-26/h8-10,16-18,20-22,26,28H,4-7,11-13H2,1-3H3/t16-,17-,18-,20+,21-,22+,23-,24-,25+/m0/s1/i6D2. The van der Waals surface area contributed by atoms with E-state index in [4.69, 9.17) is 12.2 Å². The summed E-state index contributed by atoms with van der Waals surface area (Å²) in [5, 5.41) is 21.5. The van der Waals surface area contributed by atoms with E-state index in [0.717, 1.165) is 6.42 Å². The lowest BCUT2D eigenvalue weighted by atomic mass is 9.46. The molecular weight excluding hydrogens is 396 g/mol. The summed E-state index contributed by atoms with van der Waals surface area (Å²) < 4.78 is 30.3. The summed E-state index contributed by atoms with van der Waals surface area (Å²) in [4.78, 5) is 25.4. The molecule has 2 N–H and O–H groups in total. The first-order valence-electron chi connectivity index (χ1n) is 12.6. The van der Waals surface area contributed by atoms with Crippen LogP contribution in [0.15, 0.2) is 23.8 Å². The Morgan fingerprint density at radius 1 is 1.39 bits per heavy atom. The topological polar surface area (TPSA) is 93.1 Å². The van der Waals surface area contributed by atoms with Gasteiger partial charge >= 0.3 is 0 Å². The van der Waals surface area contributed by atoms with Gasteiger partial charge in [0.1, 0.15) is 6.61 Å². The number of fused-ring (bicyclic) bond motifs is 7. The van der Waals surface area contributed by atoms with Crippen molar-refractivity contribution in [2.75, 3.05) is 6.61 Å². The van der Waals surface area contributed by atoms with Crippen LogP contribution in [-0.4, -0.2) is 52.5 Å². The Morgan fingerprint density at radius 2 is 2.16 bits per heavy atom. The zero-order valence-corrected chi connectivity index (χ0v) is 18.5. The fourth-order valence-electron chi connectivity index (χ4n) is 7.74. The monoisotopic (exact) mass is 432 g/mol. The number of hydrogen-bond donors (Lipinski definition) is 2. The molecule has 5 rings (SSSR count). The average Bonchev–Trinajstić information content (AvgIpc) is 3.21. The van der Waals surface area contributed by atoms with Crippen molar-refractivity contribution in [1.29, 1.82) is 0 Å². The predicted molar refractivity (Wildman–Crippen MR) is 113 cm³/mol. The fraction of sp³-hybridized carbons (Fsp3) is 0.760. The SMILES string of the molecule is [2H]C1([2H])C[C@@H]2[C@H]([C@@H](O)C[C@@]3(C)[C@H]2C[C@H]2O[C@H](CCC)O[C@]23C(=O)CO)[C@@]2(C)C=CC(=O)C=C12. The van der Waals surface area contributed by atoms with Gasteiger partial charge < -0.3 is 19.7 Å². The molecule has 1 aliphatic heterocycles. The van der Waals surface area contributed by atoms with Crippen LogP contribution in [0, 0.1) is 28.6 Å². The molecule has 1 saturated heterocycles. The Balaban J connectivity index is 1.60. The third-order valence-corrected chi connectivity index (χ3v) is 9.01. The molecule has 5 aliphatic rings. The maximum Gasteiger partial charge on any atom is 0.193 e. The zero-order chi connectivity index (χ0) is 24.0. The van der Waals surface area contributed by atoms with Crippen molar-refractivity contribution in [3.05, 3.63) is 23.8 Å². The molecular formula is C25H34O6. The molecule has 0 radical (unpaired) electrons. The van der Waals surface area contributed by atoms with Crippen molar-refractivity contribution >= 4 is 11.6 Å². The van der Waals surface area contributed by atoms with Gasteiger partial charge in [-0.15, -0.1) is 0 Å². The van der Waals surface area contributed by atoms with E-state index >= 15 is 0 Å². The van der Waals surface area contributed by atoms with Crippen LogP contribution in [-0.2, 0) is 19.1 Å². The summed E-state index contributed by atoms with van der Waals surface area (Å²) in [5.41, 5.74) is -2.51. The first-order chi connectivity index (χ1) is 15.4. The Labute approximate surface area is 186 Å². The van der Waals surface area contributed by atoms with E-state index in [1.165, 1.54) is 12.2 Å². The summed E-state index contributed by atoms with van der Waals surface area (Å²) in [6.07, 6.45) is 3.47. The molecule has 0 aromatic rings. The van der Waals surface area contributed by atoms with Gasteiger partial charge in [0.25, 0.3) is 0 Å². The summed E-state index contributed by atoms with van der Waals surface area (Å²) in [7, 11) is 0. The van der Waals surface area contributed by atoms with Gasteiger partial charge in [0, 0.05) is 19.5 Å². The largest absolute Gasteiger partial charge is 0.393 e. The number of ketones is 2. The summed E-state index contributed by atoms with van der Waals surface area (Å²) in [5.74, 6) is -1.31. The average molecular weight is 433 g/mol. The summed E-state index contributed by atoms with van der Waals surface area (Å²) in [6.45, 7) is 5.21. The fourth-order valence-corrected chi connectivity index (χ4v) is 7.74. The molecule has 1 heterocycles. The molecule has 31 heavy (non-hydrogen) atoms. The zero-order valence-electron chi connectivity index (χ0n) is 20.5. The van der Waals surface area contributed by atoms with Gasteiger partial charge in [0.05, 0.1) is 12.2 Å². The lowest BCUT2D eigenvalue weighted by Crippen LogP contribution is -2.63. The molecule has 0 spiro atoms. The van der Waals surface area contributed by atoms with Crippen LogP contribution in [0.3, 0.4) is 0 Å². The molecule has 170 valence electrons. The van der Waals surface area contributed by atoms with Crippen molar-refractivity contribution < 1.29 is 32.0 Å². The maximum absolute atomic E-state index is 13.3.